The van der Waals surface area contributed by atoms with Crippen LogP contribution in [0.15, 0.2) is 24.3 Å². The Morgan fingerprint density at radius 3 is 1.57 bits per heavy atom. The highest BCUT2D eigenvalue weighted by Crippen LogP contribution is 2.59. The summed E-state index contributed by atoms with van der Waals surface area (Å²) in [4.78, 5) is 10.6. The topological polar surface area (TPSA) is 43.1 Å². The van der Waals surface area contributed by atoms with Gasteiger partial charge in [-0.05, 0) is 31.4 Å². The van der Waals surface area contributed by atoms with Crippen LogP contribution < -0.4 is 5.30 Å². The van der Waals surface area contributed by atoms with Crippen molar-refractivity contribution in [1.29, 1.82) is 0 Å². The largest absolute Gasteiger partial charge is 0.269 e. The van der Waals surface area contributed by atoms with Crippen molar-refractivity contribution >= 4 is 35.2 Å². The Morgan fingerprint density at radius 1 is 0.870 bits per heavy atom. The highest BCUT2D eigenvalue weighted by Gasteiger charge is 2.38. The molecule has 0 saturated heterocycles. The first kappa shape index (κ1) is 22.5. The lowest BCUT2D eigenvalue weighted by Crippen LogP contribution is -2.21. The number of benzene rings is 1. The van der Waals surface area contributed by atoms with Crippen LogP contribution in [0.2, 0.25) is 0 Å². The Morgan fingerprint density at radius 2 is 1.26 bits per heavy atom. The molecule has 5 heteroatoms. The smallest absolute Gasteiger partial charge is 0.258 e. The zero-order chi connectivity index (χ0) is 16.4. The summed E-state index contributed by atoms with van der Waals surface area (Å²) in [5.74, 6) is 0. The van der Waals surface area contributed by atoms with Crippen molar-refractivity contribution in [2.24, 2.45) is 0 Å². The highest BCUT2D eigenvalue weighted by molar-refractivity contribution is 8.93. The van der Waals surface area contributed by atoms with Crippen molar-refractivity contribution in [3.05, 3.63) is 34.4 Å². The second-order valence-corrected chi connectivity index (χ2v) is 10.3. The molecule has 3 nitrogen and oxygen atoms in total. The predicted octanol–water partition coefficient (Wildman–Crippen LogP) is 6.22. The Bertz CT molecular complexity index is 429. The minimum Gasteiger partial charge on any atom is -0.258 e. The van der Waals surface area contributed by atoms with Gasteiger partial charge < -0.3 is 0 Å². The molecular formula is C18H32BrNO2P+. The number of nitrogens with zero attached hydrogens (tertiary/aromatic N) is 1. The fourth-order valence-electron chi connectivity index (χ4n) is 3.00. The van der Waals surface area contributed by atoms with E-state index in [4.69, 9.17) is 0 Å². The first-order chi connectivity index (χ1) is 10.6. The maximum atomic E-state index is 10.9. The lowest BCUT2D eigenvalue weighted by molar-refractivity contribution is -0.384. The minimum absolute atomic E-state index is 0. The summed E-state index contributed by atoms with van der Waals surface area (Å²) < 4.78 is 0. The lowest BCUT2D eigenvalue weighted by Gasteiger charge is -2.27. The van der Waals surface area contributed by atoms with Crippen LogP contribution in [0, 0.1) is 10.1 Å². The maximum Gasteiger partial charge on any atom is 0.269 e. The van der Waals surface area contributed by atoms with Crippen LogP contribution in [-0.4, -0.2) is 23.4 Å². The van der Waals surface area contributed by atoms with E-state index in [1.165, 1.54) is 62.3 Å². The predicted molar refractivity (Wildman–Crippen MR) is 109 cm³/mol. The van der Waals surface area contributed by atoms with Crippen LogP contribution >= 0.6 is 24.2 Å². The molecule has 0 aliphatic rings. The van der Waals surface area contributed by atoms with Gasteiger partial charge in [0, 0.05) is 19.4 Å². The molecule has 0 spiro atoms. The SMILES string of the molecule is Br.CCCC[P+](CCCC)(CCCC)c1ccc([N+](=O)[O-])cc1. The first-order valence-corrected chi connectivity index (χ1v) is 11.0. The highest BCUT2D eigenvalue weighted by atomic mass is 79.9. The van der Waals surface area contributed by atoms with Crippen molar-refractivity contribution in [1.82, 2.24) is 0 Å². The molecule has 0 radical (unpaired) electrons. The fourth-order valence-corrected chi connectivity index (χ4v) is 7.99. The van der Waals surface area contributed by atoms with Gasteiger partial charge in [-0.1, -0.05) is 40.0 Å². The zero-order valence-corrected chi connectivity index (χ0v) is 17.4. The van der Waals surface area contributed by atoms with Gasteiger partial charge in [0.2, 0.25) is 0 Å². The summed E-state index contributed by atoms with van der Waals surface area (Å²) in [6, 6.07) is 7.50. The second kappa shape index (κ2) is 12.0. The average Bonchev–Trinajstić information content (AvgIpc) is 2.54. The monoisotopic (exact) mass is 404 g/mol. The molecule has 0 N–H and O–H groups in total. The van der Waals surface area contributed by atoms with Gasteiger partial charge >= 0.3 is 0 Å². The standard InChI is InChI=1S/C18H31NO2P.BrH/c1-4-7-14-22(15-8-5-2,16-9-6-3)18-12-10-17(11-13-18)19(20)21;/h10-13H,4-9,14-16H2,1-3H3;1H/q+1;. The van der Waals surface area contributed by atoms with E-state index < -0.39 is 7.26 Å². The number of non-ortho nitro benzene ring substituents is 1. The third-order valence-corrected chi connectivity index (χ3v) is 9.34. The Labute approximate surface area is 152 Å². The molecule has 1 aromatic carbocycles. The van der Waals surface area contributed by atoms with Crippen LogP contribution in [-0.2, 0) is 0 Å². The molecule has 0 saturated carbocycles. The summed E-state index contributed by atoms with van der Waals surface area (Å²) in [5.41, 5.74) is 0.211. The quantitative estimate of drug-likeness (QED) is 0.249. The maximum absolute atomic E-state index is 10.9. The number of nitro groups is 1. The third kappa shape index (κ3) is 6.89. The summed E-state index contributed by atoms with van der Waals surface area (Å²) >= 11 is 0. The van der Waals surface area contributed by atoms with E-state index in [0.29, 0.717) is 0 Å². The Kier molecular flexibility index (Phi) is 11.7. The van der Waals surface area contributed by atoms with Gasteiger partial charge in [0.25, 0.3) is 5.69 Å². The van der Waals surface area contributed by atoms with Crippen molar-refractivity contribution in [3.63, 3.8) is 0 Å². The van der Waals surface area contributed by atoms with E-state index in [0.717, 1.165) is 0 Å². The van der Waals surface area contributed by atoms with Crippen molar-refractivity contribution in [2.75, 3.05) is 18.5 Å². The Balaban J connectivity index is 0.00000484. The molecule has 23 heavy (non-hydrogen) atoms. The summed E-state index contributed by atoms with van der Waals surface area (Å²) in [7, 11) is -1.17. The molecule has 0 heterocycles. The number of nitro benzene ring substituents is 1. The summed E-state index contributed by atoms with van der Waals surface area (Å²) in [6.45, 7) is 6.76. The van der Waals surface area contributed by atoms with Gasteiger partial charge in [0.1, 0.15) is 0 Å². The lowest BCUT2D eigenvalue weighted by atomic mass is 10.3. The molecule has 0 bridgehead atoms. The van der Waals surface area contributed by atoms with Crippen molar-refractivity contribution in [3.8, 4) is 0 Å². The number of unbranched alkanes of at least 4 members (excludes halogenated alkanes) is 3. The van der Waals surface area contributed by atoms with Gasteiger partial charge in [-0.15, -0.1) is 17.0 Å². The molecule has 0 amide bonds. The second-order valence-electron chi connectivity index (χ2n) is 6.15. The first-order valence-electron chi connectivity index (χ1n) is 8.70. The van der Waals surface area contributed by atoms with E-state index in [1.807, 2.05) is 12.1 Å². The van der Waals surface area contributed by atoms with Gasteiger partial charge in [0.15, 0.2) is 0 Å². The van der Waals surface area contributed by atoms with Crippen molar-refractivity contribution in [2.45, 2.75) is 59.3 Å². The van der Waals surface area contributed by atoms with E-state index in [1.54, 1.807) is 12.1 Å². The van der Waals surface area contributed by atoms with E-state index >= 15 is 0 Å². The third-order valence-electron chi connectivity index (χ3n) is 4.43. The minimum atomic E-state index is -1.17. The summed E-state index contributed by atoms with van der Waals surface area (Å²) in [5, 5.41) is 12.3. The fraction of sp³-hybridized carbons (Fsp3) is 0.667. The molecule has 1 aromatic rings. The molecule has 0 aliphatic heterocycles. The van der Waals surface area contributed by atoms with Crippen LogP contribution in [0.1, 0.15) is 59.3 Å². The molecule has 0 aromatic heterocycles. The Hall–Kier alpha value is -0.470. The molecule has 132 valence electrons. The van der Waals surface area contributed by atoms with Crippen LogP contribution in [0.5, 0.6) is 0 Å². The molecule has 0 atom stereocenters. The average molecular weight is 405 g/mol. The van der Waals surface area contributed by atoms with Gasteiger partial charge in [-0.3, -0.25) is 10.1 Å². The van der Waals surface area contributed by atoms with E-state index in [9.17, 15) is 10.1 Å². The van der Waals surface area contributed by atoms with Crippen LogP contribution in [0.25, 0.3) is 0 Å². The van der Waals surface area contributed by atoms with Gasteiger partial charge in [0.05, 0.1) is 28.7 Å². The summed E-state index contributed by atoms with van der Waals surface area (Å²) in [6.07, 6.45) is 11.4. The molecule has 0 unspecified atom stereocenters. The molecule has 0 fully saturated rings. The molecular weight excluding hydrogens is 373 g/mol. The zero-order valence-electron chi connectivity index (χ0n) is 14.8. The normalized spacial score (nSPS) is 11.1. The van der Waals surface area contributed by atoms with E-state index in [2.05, 4.69) is 20.8 Å². The molecule has 0 aliphatic carbocycles. The van der Waals surface area contributed by atoms with Gasteiger partial charge in [-0.2, -0.15) is 0 Å². The van der Waals surface area contributed by atoms with Gasteiger partial charge in [-0.25, -0.2) is 0 Å². The number of hydrogen-bond acceptors (Lipinski definition) is 2. The number of halogens is 1. The number of hydrogen-bond donors (Lipinski definition) is 0. The molecule has 1 rings (SSSR count). The van der Waals surface area contributed by atoms with Crippen LogP contribution in [0.3, 0.4) is 0 Å². The van der Waals surface area contributed by atoms with Crippen LogP contribution in [0.4, 0.5) is 5.69 Å². The van der Waals surface area contributed by atoms with E-state index in [-0.39, 0.29) is 27.6 Å². The van der Waals surface area contributed by atoms with Crippen molar-refractivity contribution < 1.29 is 4.92 Å². The number of rotatable bonds is 11.